The molecule has 2 fully saturated rings. The first kappa shape index (κ1) is 17.2. The van der Waals surface area contributed by atoms with Crippen molar-refractivity contribution in [2.24, 2.45) is 5.92 Å². The van der Waals surface area contributed by atoms with E-state index in [0.29, 0.717) is 12.5 Å². The number of carboxylic acid groups (broad SMARTS) is 1. The second kappa shape index (κ2) is 6.35. The lowest BCUT2D eigenvalue weighted by molar-refractivity contribution is -0.143. The maximum atomic E-state index is 13.6. The van der Waals surface area contributed by atoms with Crippen molar-refractivity contribution in [2.45, 2.75) is 56.9 Å². The van der Waals surface area contributed by atoms with Crippen molar-refractivity contribution in [2.75, 3.05) is 0 Å². The molecule has 1 saturated heterocycles. The lowest BCUT2D eigenvalue weighted by Crippen LogP contribution is -2.41. The third kappa shape index (κ3) is 3.41. The molecular weight excluding hydrogens is 326 g/mol. The van der Waals surface area contributed by atoms with Gasteiger partial charge in [0, 0.05) is 12.6 Å². The van der Waals surface area contributed by atoms with E-state index in [-0.39, 0.29) is 24.1 Å². The van der Waals surface area contributed by atoms with Crippen molar-refractivity contribution in [3.63, 3.8) is 0 Å². The minimum Gasteiger partial charge on any atom is -0.480 e. The quantitative estimate of drug-likeness (QED) is 0.840. The summed E-state index contributed by atoms with van der Waals surface area (Å²) < 4.78 is 52.2. The van der Waals surface area contributed by atoms with E-state index < -0.39 is 29.6 Å². The summed E-state index contributed by atoms with van der Waals surface area (Å²) in [7, 11) is 0. The predicted octanol–water partition coefficient (Wildman–Crippen LogP) is 4.06. The van der Waals surface area contributed by atoms with Crippen LogP contribution in [-0.2, 0) is 17.5 Å². The van der Waals surface area contributed by atoms with Gasteiger partial charge in [0.1, 0.15) is 11.9 Å². The highest BCUT2D eigenvalue weighted by molar-refractivity contribution is 5.74. The largest absolute Gasteiger partial charge is 0.480 e. The summed E-state index contributed by atoms with van der Waals surface area (Å²) in [4.78, 5) is 13.3. The van der Waals surface area contributed by atoms with Gasteiger partial charge in [-0.25, -0.2) is 4.39 Å². The summed E-state index contributed by atoms with van der Waals surface area (Å²) in [5.41, 5.74) is -0.872. The molecule has 0 bridgehead atoms. The fourth-order valence-electron chi connectivity index (χ4n) is 4.14. The maximum absolute atomic E-state index is 13.6. The molecule has 3 rings (SSSR count). The zero-order valence-electron chi connectivity index (χ0n) is 13.0. The average Bonchev–Trinajstić information content (AvgIpc) is 2.85. The molecule has 0 spiro atoms. The Morgan fingerprint density at radius 3 is 2.58 bits per heavy atom. The van der Waals surface area contributed by atoms with Gasteiger partial charge in [-0.3, -0.25) is 9.69 Å². The van der Waals surface area contributed by atoms with Gasteiger partial charge in [0.2, 0.25) is 0 Å². The van der Waals surface area contributed by atoms with Gasteiger partial charge in [-0.2, -0.15) is 13.2 Å². The van der Waals surface area contributed by atoms with Gasteiger partial charge in [-0.05, 0) is 48.9 Å². The molecule has 3 nitrogen and oxygen atoms in total. The van der Waals surface area contributed by atoms with Crippen LogP contribution in [0, 0.1) is 11.7 Å². The van der Waals surface area contributed by atoms with E-state index in [1.807, 2.05) is 0 Å². The molecule has 1 saturated carbocycles. The van der Waals surface area contributed by atoms with Crippen LogP contribution >= 0.6 is 0 Å². The molecule has 7 heteroatoms. The number of rotatable bonds is 3. The molecule has 1 aromatic rings. The Labute approximate surface area is 137 Å². The molecule has 132 valence electrons. The Kier molecular flexibility index (Phi) is 4.55. The Balaban J connectivity index is 1.88. The van der Waals surface area contributed by atoms with Crippen LogP contribution in [0.4, 0.5) is 17.6 Å². The molecule has 0 amide bonds. The summed E-state index contributed by atoms with van der Waals surface area (Å²) in [6.07, 6.45) is -0.277. The zero-order valence-corrected chi connectivity index (χ0v) is 13.0. The van der Waals surface area contributed by atoms with Crippen molar-refractivity contribution in [3.05, 3.63) is 35.1 Å². The molecule has 1 N–H and O–H groups in total. The van der Waals surface area contributed by atoms with Gasteiger partial charge in [-0.15, -0.1) is 0 Å². The molecule has 0 aromatic heterocycles. The lowest BCUT2D eigenvalue weighted by atomic mass is 9.84. The molecule has 1 aliphatic heterocycles. The van der Waals surface area contributed by atoms with Crippen molar-refractivity contribution in [3.8, 4) is 0 Å². The number of likely N-dealkylation sites (tertiary alicyclic amines) is 1. The van der Waals surface area contributed by atoms with Crippen LogP contribution in [0.3, 0.4) is 0 Å². The third-order valence-electron chi connectivity index (χ3n) is 5.16. The highest BCUT2D eigenvalue weighted by Gasteiger charge is 2.45. The first-order valence-corrected chi connectivity index (χ1v) is 8.11. The van der Waals surface area contributed by atoms with Crippen LogP contribution in [0.15, 0.2) is 18.2 Å². The van der Waals surface area contributed by atoms with Crippen LogP contribution in [0.2, 0.25) is 0 Å². The molecule has 0 radical (unpaired) electrons. The Morgan fingerprint density at radius 2 is 1.92 bits per heavy atom. The number of benzene rings is 1. The Hall–Kier alpha value is -1.63. The van der Waals surface area contributed by atoms with Crippen molar-refractivity contribution in [1.29, 1.82) is 0 Å². The second-order valence-electron chi connectivity index (χ2n) is 6.72. The van der Waals surface area contributed by atoms with Gasteiger partial charge < -0.3 is 5.11 Å². The number of carbonyl (C=O) groups is 1. The van der Waals surface area contributed by atoms with Gasteiger partial charge in [0.25, 0.3) is 0 Å². The van der Waals surface area contributed by atoms with Crippen molar-refractivity contribution >= 4 is 5.97 Å². The number of aliphatic carboxylic acids is 1. The summed E-state index contributed by atoms with van der Waals surface area (Å²) in [6.45, 7) is 0.0268. The number of halogens is 4. The number of hydrogen-bond donors (Lipinski definition) is 1. The van der Waals surface area contributed by atoms with Gasteiger partial charge in [-0.1, -0.05) is 12.8 Å². The third-order valence-corrected chi connectivity index (χ3v) is 5.16. The van der Waals surface area contributed by atoms with Crippen LogP contribution in [0.1, 0.15) is 43.2 Å². The minimum atomic E-state index is -4.62. The number of fused-ring (bicyclic) bond motifs is 1. The van der Waals surface area contributed by atoms with E-state index in [0.717, 1.165) is 37.8 Å². The van der Waals surface area contributed by atoms with E-state index in [4.69, 9.17) is 0 Å². The highest BCUT2D eigenvalue weighted by atomic mass is 19.4. The zero-order chi connectivity index (χ0) is 17.5. The van der Waals surface area contributed by atoms with Crippen LogP contribution < -0.4 is 0 Å². The Bertz CT molecular complexity index is 632. The number of carboxylic acids is 1. The standard InChI is InChI=1S/C17H19F4NO2/c18-13-6-10(5-12(8-13)17(19,20)21)9-22-14-4-2-1-3-11(14)7-15(22)16(23)24/h5-6,8,11,14-15H,1-4,7,9H2,(H,23,24). The van der Waals surface area contributed by atoms with Gasteiger partial charge >= 0.3 is 12.1 Å². The van der Waals surface area contributed by atoms with E-state index in [2.05, 4.69) is 0 Å². The van der Waals surface area contributed by atoms with Gasteiger partial charge in [0.05, 0.1) is 5.56 Å². The average molecular weight is 345 g/mol. The molecule has 1 aliphatic carbocycles. The lowest BCUT2D eigenvalue weighted by Gasteiger charge is -2.33. The maximum Gasteiger partial charge on any atom is 0.416 e. The summed E-state index contributed by atoms with van der Waals surface area (Å²) in [5, 5.41) is 9.45. The molecule has 2 aliphatic rings. The molecule has 24 heavy (non-hydrogen) atoms. The SMILES string of the molecule is O=C(O)C1CC2CCCCC2N1Cc1cc(F)cc(C(F)(F)F)c1. The van der Waals surface area contributed by atoms with Crippen LogP contribution in [0.25, 0.3) is 0 Å². The second-order valence-corrected chi connectivity index (χ2v) is 6.72. The summed E-state index contributed by atoms with van der Waals surface area (Å²) >= 11 is 0. The molecule has 1 heterocycles. The van der Waals surface area contributed by atoms with Crippen LogP contribution in [0.5, 0.6) is 0 Å². The van der Waals surface area contributed by atoms with E-state index in [1.165, 1.54) is 0 Å². The van der Waals surface area contributed by atoms with E-state index >= 15 is 0 Å². The number of alkyl halides is 3. The molecule has 3 atom stereocenters. The van der Waals surface area contributed by atoms with Gasteiger partial charge in [0.15, 0.2) is 0 Å². The smallest absolute Gasteiger partial charge is 0.416 e. The first-order chi connectivity index (χ1) is 11.3. The number of hydrogen-bond acceptors (Lipinski definition) is 2. The highest BCUT2D eigenvalue weighted by Crippen LogP contribution is 2.41. The normalized spacial score (nSPS) is 27.9. The predicted molar refractivity (Wildman–Crippen MR) is 78.7 cm³/mol. The molecule has 3 unspecified atom stereocenters. The summed E-state index contributed by atoms with van der Waals surface area (Å²) in [6, 6.07) is 1.78. The topological polar surface area (TPSA) is 40.5 Å². The van der Waals surface area contributed by atoms with E-state index in [9.17, 15) is 27.5 Å². The fourth-order valence-corrected chi connectivity index (χ4v) is 4.14. The monoisotopic (exact) mass is 345 g/mol. The minimum absolute atomic E-state index is 0.0268. The fraction of sp³-hybridized carbons (Fsp3) is 0.588. The Morgan fingerprint density at radius 1 is 1.21 bits per heavy atom. The van der Waals surface area contributed by atoms with Crippen molar-refractivity contribution < 1.29 is 27.5 Å². The number of nitrogens with zero attached hydrogens (tertiary/aromatic N) is 1. The first-order valence-electron chi connectivity index (χ1n) is 8.11. The van der Waals surface area contributed by atoms with Crippen molar-refractivity contribution in [1.82, 2.24) is 4.90 Å². The summed E-state index contributed by atoms with van der Waals surface area (Å²) in [5.74, 6) is -1.65. The molecule has 1 aromatic carbocycles. The van der Waals surface area contributed by atoms with Crippen LogP contribution in [-0.4, -0.2) is 28.1 Å². The van der Waals surface area contributed by atoms with E-state index in [1.54, 1.807) is 4.90 Å². The molecular formula is C17H19F4NO2.